The second-order valence-electron chi connectivity index (χ2n) is 9.32. The van der Waals surface area contributed by atoms with Crippen LogP contribution in [-0.4, -0.2) is 8.07 Å². The first-order valence-corrected chi connectivity index (χ1v) is 12.9. The predicted molar refractivity (Wildman–Crippen MR) is 103 cm³/mol. The Labute approximate surface area is 143 Å². The van der Waals surface area contributed by atoms with Gasteiger partial charge < -0.3 is 0 Å². The Morgan fingerprint density at radius 1 is 0.652 bits per heavy atom. The van der Waals surface area contributed by atoms with Crippen molar-refractivity contribution >= 4 is 8.07 Å². The molecule has 1 heteroatoms. The molecule has 0 aliphatic heterocycles. The normalized spacial score (nSPS) is 47.8. The van der Waals surface area contributed by atoms with Crippen molar-refractivity contribution in [3.8, 4) is 0 Å². The van der Waals surface area contributed by atoms with Gasteiger partial charge in [-0.05, 0) is 59.4 Å². The molecule has 0 spiro atoms. The number of fused-ring (bicyclic) bond motifs is 2. The molecule has 0 saturated heterocycles. The van der Waals surface area contributed by atoms with E-state index in [1.54, 1.807) is 0 Å². The van der Waals surface area contributed by atoms with Gasteiger partial charge in [-0.15, -0.1) is 0 Å². The highest BCUT2D eigenvalue weighted by atomic mass is 28.3. The first kappa shape index (κ1) is 15.7. The highest BCUT2D eigenvalue weighted by Crippen LogP contribution is 2.62. The zero-order valence-corrected chi connectivity index (χ0v) is 16.2. The maximum Gasteiger partial charge on any atom is 0.0553 e. The van der Waals surface area contributed by atoms with E-state index in [0.29, 0.717) is 0 Å². The van der Waals surface area contributed by atoms with E-state index in [1.807, 2.05) is 0 Å². The summed E-state index contributed by atoms with van der Waals surface area (Å²) in [7, 11) is -1.35. The quantitative estimate of drug-likeness (QED) is 0.528. The highest BCUT2D eigenvalue weighted by Gasteiger charge is 2.56. The first-order valence-electron chi connectivity index (χ1n) is 9.70. The molecule has 0 heterocycles. The van der Waals surface area contributed by atoms with Crippen LogP contribution in [0.25, 0.3) is 0 Å². The van der Waals surface area contributed by atoms with Crippen LogP contribution >= 0.6 is 0 Å². The summed E-state index contributed by atoms with van der Waals surface area (Å²) in [6, 6.07) is 0. The van der Waals surface area contributed by atoms with Crippen molar-refractivity contribution < 1.29 is 0 Å². The first-order chi connectivity index (χ1) is 11.0. The molecule has 0 nitrogen and oxygen atoms in total. The maximum atomic E-state index is 2.73. The summed E-state index contributed by atoms with van der Waals surface area (Å²) in [6.07, 6.45) is 22.1. The Balaban J connectivity index is 1.67. The number of hydrogen-bond donors (Lipinski definition) is 0. The minimum Gasteiger partial charge on any atom is -0.0808 e. The van der Waals surface area contributed by atoms with E-state index in [4.69, 9.17) is 0 Å². The third-order valence-corrected chi connectivity index (χ3v) is 13.0. The molecule has 2 saturated carbocycles. The van der Waals surface area contributed by atoms with E-state index in [1.165, 1.54) is 12.8 Å². The number of rotatable bonds is 2. The number of hydrogen-bond acceptors (Lipinski definition) is 0. The van der Waals surface area contributed by atoms with Gasteiger partial charge in [-0.1, -0.05) is 75.5 Å². The highest BCUT2D eigenvalue weighted by molar-refractivity contribution is 6.80. The molecular formula is C22H32Si. The van der Waals surface area contributed by atoms with Gasteiger partial charge in [0.15, 0.2) is 0 Å². The Morgan fingerprint density at radius 3 is 1.48 bits per heavy atom. The molecule has 124 valence electrons. The molecule has 0 radical (unpaired) electrons. The van der Waals surface area contributed by atoms with Crippen molar-refractivity contribution in [1.82, 2.24) is 0 Å². The average molecular weight is 325 g/mol. The molecule has 23 heavy (non-hydrogen) atoms. The van der Waals surface area contributed by atoms with Crippen molar-refractivity contribution in [2.24, 2.45) is 35.5 Å². The Hall–Kier alpha value is -0.823. The largest absolute Gasteiger partial charge is 0.0808 e. The molecule has 4 unspecified atom stereocenters. The van der Waals surface area contributed by atoms with E-state index in [2.05, 4.69) is 75.5 Å². The van der Waals surface area contributed by atoms with Crippen LogP contribution in [0.15, 0.2) is 48.6 Å². The summed E-state index contributed by atoms with van der Waals surface area (Å²) >= 11 is 0. The van der Waals surface area contributed by atoms with Crippen molar-refractivity contribution in [2.45, 2.75) is 50.9 Å². The van der Waals surface area contributed by atoms with Crippen LogP contribution in [-0.2, 0) is 0 Å². The van der Waals surface area contributed by atoms with Gasteiger partial charge in [-0.3, -0.25) is 0 Å². The monoisotopic (exact) mass is 324 g/mol. The van der Waals surface area contributed by atoms with Crippen LogP contribution in [0.3, 0.4) is 0 Å². The van der Waals surface area contributed by atoms with E-state index < -0.39 is 8.07 Å². The van der Waals surface area contributed by atoms with E-state index in [-0.39, 0.29) is 0 Å². The summed E-state index contributed by atoms with van der Waals surface area (Å²) in [5.41, 5.74) is 1.92. The summed E-state index contributed by atoms with van der Waals surface area (Å²) in [4.78, 5) is 0. The van der Waals surface area contributed by atoms with Gasteiger partial charge in [0.25, 0.3) is 0 Å². The molecule has 4 rings (SSSR count). The van der Waals surface area contributed by atoms with Gasteiger partial charge in [0.1, 0.15) is 0 Å². The SMILES string of the molecule is C[C@@H]1CC2C=CC=CC2C1[Si](C)(C)[C@H]1[C@H](C)CC2C=CC=C[C@@H]21. The molecule has 0 N–H and O–H groups in total. The van der Waals surface area contributed by atoms with Gasteiger partial charge in [0, 0.05) is 0 Å². The Kier molecular flexibility index (Phi) is 3.83. The lowest BCUT2D eigenvalue weighted by molar-refractivity contribution is 0.491. The lowest BCUT2D eigenvalue weighted by Crippen LogP contribution is -2.45. The lowest BCUT2D eigenvalue weighted by Gasteiger charge is -2.45. The molecule has 4 aliphatic rings. The zero-order chi connectivity index (χ0) is 16.2. The molecule has 0 amide bonds. The minimum absolute atomic E-state index is 0.820. The van der Waals surface area contributed by atoms with Crippen molar-refractivity contribution in [3.05, 3.63) is 48.6 Å². The van der Waals surface area contributed by atoms with Crippen LogP contribution in [0.5, 0.6) is 0 Å². The van der Waals surface area contributed by atoms with Gasteiger partial charge in [-0.25, -0.2) is 0 Å². The summed E-state index contributed by atoms with van der Waals surface area (Å²) in [5, 5.41) is 0. The van der Waals surface area contributed by atoms with Crippen molar-refractivity contribution in [2.75, 3.05) is 0 Å². The Morgan fingerprint density at radius 2 is 1.04 bits per heavy atom. The second-order valence-corrected chi connectivity index (χ2v) is 14.3. The van der Waals surface area contributed by atoms with Crippen LogP contribution < -0.4 is 0 Å². The summed E-state index contributed by atoms with van der Waals surface area (Å²) < 4.78 is 0. The predicted octanol–water partition coefficient (Wildman–Crippen LogP) is 6.23. The van der Waals surface area contributed by atoms with Crippen molar-refractivity contribution in [3.63, 3.8) is 0 Å². The van der Waals surface area contributed by atoms with E-state index >= 15 is 0 Å². The second kappa shape index (κ2) is 5.62. The standard InChI is InChI=1S/C22H32Si/c1-15-13-17-9-5-7-11-19(17)21(15)23(3,4)22-16(2)14-18-10-6-8-12-20(18)22/h5-12,15-22H,13-14H2,1-4H3/t15-,16-,17?,18?,19+,20?,21+,22?/m1/s1. The molecule has 8 atom stereocenters. The Bertz CT molecular complexity index is 529. The van der Waals surface area contributed by atoms with E-state index in [9.17, 15) is 0 Å². The van der Waals surface area contributed by atoms with Crippen LogP contribution in [0.2, 0.25) is 24.2 Å². The zero-order valence-electron chi connectivity index (χ0n) is 15.2. The minimum atomic E-state index is -1.35. The van der Waals surface area contributed by atoms with Gasteiger partial charge in [0.2, 0.25) is 0 Å². The molecule has 0 aromatic carbocycles. The van der Waals surface area contributed by atoms with Gasteiger partial charge in [0.05, 0.1) is 8.07 Å². The fourth-order valence-corrected chi connectivity index (χ4v) is 13.5. The third-order valence-electron chi connectivity index (χ3n) is 7.66. The van der Waals surface area contributed by atoms with E-state index in [0.717, 1.165) is 46.6 Å². The summed E-state index contributed by atoms with van der Waals surface area (Å²) in [5.74, 6) is 5.08. The lowest BCUT2D eigenvalue weighted by atomic mass is 9.91. The third kappa shape index (κ3) is 2.38. The van der Waals surface area contributed by atoms with Gasteiger partial charge in [-0.2, -0.15) is 0 Å². The molecule has 0 aromatic heterocycles. The van der Waals surface area contributed by atoms with Crippen molar-refractivity contribution in [1.29, 1.82) is 0 Å². The topological polar surface area (TPSA) is 0 Å². The maximum absolute atomic E-state index is 2.73. The molecule has 0 aromatic rings. The van der Waals surface area contributed by atoms with Gasteiger partial charge >= 0.3 is 0 Å². The molecule has 0 bridgehead atoms. The number of allylic oxidation sites excluding steroid dienone is 8. The fraction of sp³-hybridized carbons (Fsp3) is 0.636. The summed E-state index contributed by atoms with van der Waals surface area (Å²) in [6.45, 7) is 10.6. The fourth-order valence-electron chi connectivity index (χ4n) is 7.18. The van der Waals surface area contributed by atoms with Crippen LogP contribution in [0.4, 0.5) is 0 Å². The molecule has 4 aliphatic carbocycles. The van der Waals surface area contributed by atoms with Crippen LogP contribution in [0, 0.1) is 35.5 Å². The molecule has 2 fully saturated rings. The average Bonchev–Trinajstić information content (AvgIpc) is 3.02. The molecular weight excluding hydrogens is 292 g/mol. The smallest absolute Gasteiger partial charge is 0.0553 e. The van der Waals surface area contributed by atoms with Crippen LogP contribution in [0.1, 0.15) is 26.7 Å².